The van der Waals surface area contributed by atoms with Gasteiger partial charge in [0.2, 0.25) is 18.3 Å². The van der Waals surface area contributed by atoms with E-state index in [-0.39, 0.29) is 0 Å². The van der Waals surface area contributed by atoms with Gasteiger partial charge in [-0.2, -0.15) is 0 Å². The second-order valence-corrected chi connectivity index (χ2v) is 11.2. The molecule has 0 N–H and O–H groups in total. The van der Waals surface area contributed by atoms with E-state index in [9.17, 15) is 41.9 Å². The van der Waals surface area contributed by atoms with Crippen LogP contribution < -0.4 is 0 Å². The summed E-state index contributed by atoms with van der Waals surface area (Å²) in [5.41, 5.74) is 0. The Bertz CT molecular complexity index is 887. The summed E-state index contributed by atoms with van der Waals surface area (Å²) < 4.78 is 57.5. The first-order valence-electron chi connectivity index (χ1n) is 13.6. The lowest BCUT2D eigenvalue weighted by molar-refractivity contribution is -0.179. The predicted molar refractivity (Wildman–Crippen MR) is 142 cm³/mol. The fourth-order valence-electron chi connectivity index (χ4n) is 4.80. The molecule has 0 bridgehead atoms. The number of alkyl halides is 3. The Morgan fingerprint density at radius 1 is 0.500 bits per heavy atom. The Balaban J connectivity index is 3.77. The Morgan fingerprint density at radius 2 is 0.690 bits per heavy atom. The lowest BCUT2D eigenvalue weighted by atomic mass is 10.0. The van der Waals surface area contributed by atoms with Crippen LogP contribution in [0.15, 0.2) is 0 Å². The highest BCUT2D eigenvalue weighted by atomic mass is 19.1. The van der Waals surface area contributed by atoms with Crippen LogP contribution in [0.25, 0.3) is 0 Å². The molecule has 1 fully saturated rings. The third-order valence-electron chi connectivity index (χ3n) is 6.94. The fraction of sp³-hybridized carbons (Fsp3) is 0.778. The Morgan fingerprint density at radius 3 is 0.833 bits per heavy atom. The second-order valence-electron chi connectivity index (χ2n) is 11.2. The highest BCUT2D eigenvalue weighted by molar-refractivity contribution is 5.94. The minimum atomic E-state index is -2.05. The summed E-state index contributed by atoms with van der Waals surface area (Å²) in [7, 11) is 3.36. The number of carbonyl (C=O) groups is 6. The molecular weight excluding hydrogens is 567 g/mol. The zero-order valence-corrected chi connectivity index (χ0v) is 25.5. The number of halogens is 3. The summed E-state index contributed by atoms with van der Waals surface area (Å²) >= 11 is 0. The van der Waals surface area contributed by atoms with Crippen LogP contribution in [0.3, 0.4) is 0 Å². The average molecular weight is 610 g/mol. The molecule has 12 nitrogen and oxygen atoms in total. The first-order chi connectivity index (χ1) is 19.5. The quantitative estimate of drug-likeness (QED) is 0.320. The van der Waals surface area contributed by atoms with E-state index in [0.717, 1.165) is 35.8 Å². The third kappa shape index (κ3) is 8.34. The van der Waals surface area contributed by atoms with Gasteiger partial charge in [0.15, 0.2) is 0 Å². The summed E-state index contributed by atoms with van der Waals surface area (Å²) in [5, 5.41) is 0. The maximum atomic E-state index is 14.0. The molecule has 0 radical (unpaired) electrons. The van der Waals surface area contributed by atoms with Crippen molar-refractivity contribution < 1.29 is 56.1 Å². The van der Waals surface area contributed by atoms with E-state index in [0.29, 0.717) is 0 Å². The van der Waals surface area contributed by atoms with E-state index in [1.54, 1.807) is 0 Å². The minimum Gasteiger partial charge on any atom is -0.448 e. The number of hydrogen-bond acceptors (Lipinski definition) is 9. The Hall–Kier alpha value is -3.39. The number of cyclic esters (lactones) is 3. The highest BCUT2D eigenvalue weighted by Gasteiger charge is 2.44. The van der Waals surface area contributed by atoms with Gasteiger partial charge in [0.05, 0.1) is 0 Å². The molecule has 0 aromatic rings. The second kappa shape index (κ2) is 15.7. The molecule has 3 amide bonds. The van der Waals surface area contributed by atoms with E-state index in [1.807, 2.05) is 0 Å². The summed E-state index contributed by atoms with van der Waals surface area (Å²) in [5.74, 6) is -9.12. The average Bonchev–Trinajstić information content (AvgIpc) is 2.90. The normalized spacial score (nSPS) is 28.2. The van der Waals surface area contributed by atoms with Gasteiger partial charge in [-0.1, -0.05) is 41.5 Å². The maximum absolute atomic E-state index is 14.0. The topological polar surface area (TPSA) is 140 Å². The molecule has 1 aliphatic heterocycles. The van der Waals surface area contributed by atoms with Crippen molar-refractivity contribution in [1.29, 1.82) is 0 Å². The molecule has 0 aliphatic carbocycles. The van der Waals surface area contributed by atoms with Gasteiger partial charge in [0.25, 0.3) is 17.7 Å². The van der Waals surface area contributed by atoms with Crippen molar-refractivity contribution in [3.8, 4) is 0 Å². The van der Waals surface area contributed by atoms with Gasteiger partial charge in [0, 0.05) is 21.1 Å². The molecule has 0 aromatic heterocycles. The number of rotatable bonds is 6. The van der Waals surface area contributed by atoms with Gasteiger partial charge in [-0.05, 0) is 17.8 Å². The number of likely N-dealkylation sites (N-methyl/N-ethyl adjacent to an activating group) is 3. The van der Waals surface area contributed by atoms with E-state index < -0.39 is 110 Å². The van der Waals surface area contributed by atoms with E-state index in [4.69, 9.17) is 14.2 Å². The summed E-state index contributed by atoms with van der Waals surface area (Å²) in [6, 6.07) is -4.38. The summed E-state index contributed by atoms with van der Waals surface area (Å²) in [6.45, 7) is 4.56. The van der Waals surface area contributed by atoms with Crippen molar-refractivity contribution in [2.75, 3.05) is 41.2 Å². The largest absolute Gasteiger partial charge is 0.448 e. The number of hydrogen-bond donors (Lipinski definition) is 0. The molecule has 0 unspecified atom stereocenters. The maximum Gasteiger partial charge on any atom is 0.329 e. The van der Waals surface area contributed by atoms with Crippen molar-refractivity contribution in [3.63, 3.8) is 0 Å². The number of amides is 3. The van der Waals surface area contributed by atoms with Crippen molar-refractivity contribution in [2.24, 2.45) is 17.8 Å². The van der Waals surface area contributed by atoms with Gasteiger partial charge < -0.3 is 28.9 Å². The molecule has 15 heteroatoms. The van der Waals surface area contributed by atoms with Gasteiger partial charge in [0.1, 0.15) is 38.1 Å². The molecule has 1 saturated heterocycles. The molecule has 0 spiro atoms. The monoisotopic (exact) mass is 609 g/mol. The number of nitrogens with zero attached hydrogens (tertiary/aromatic N) is 3. The van der Waals surface area contributed by atoms with Gasteiger partial charge >= 0.3 is 17.9 Å². The lowest BCUT2D eigenvalue weighted by Crippen LogP contribution is -2.57. The molecule has 240 valence electrons. The molecule has 1 rings (SSSR count). The van der Waals surface area contributed by atoms with Crippen molar-refractivity contribution in [2.45, 2.75) is 78.0 Å². The molecule has 0 saturated carbocycles. The van der Waals surface area contributed by atoms with Crippen LogP contribution in [0.2, 0.25) is 0 Å². The van der Waals surface area contributed by atoms with Gasteiger partial charge in [-0.3, -0.25) is 14.4 Å². The molecule has 1 heterocycles. The van der Waals surface area contributed by atoms with Crippen molar-refractivity contribution >= 4 is 35.6 Å². The number of ether oxygens (including phenoxy) is 3. The zero-order valence-electron chi connectivity index (χ0n) is 25.5. The predicted octanol–water partition coefficient (Wildman–Crippen LogP) is 1.09. The van der Waals surface area contributed by atoms with E-state index >= 15 is 0 Å². The van der Waals surface area contributed by atoms with Crippen LogP contribution in [0, 0.1) is 17.8 Å². The molecule has 42 heavy (non-hydrogen) atoms. The zero-order chi connectivity index (χ0) is 32.6. The molecule has 1 aliphatic rings. The Kier molecular flexibility index (Phi) is 13.7. The highest BCUT2D eigenvalue weighted by Crippen LogP contribution is 2.21. The number of esters is 3. The van der Waals surface area contributed by atoms with Crippen LogP contribution in [-0.2, 0) is 43.0 Å². The van der Waals surface area contributed by atoms with Crippen LogP contribution in [0.4, 0.5) is 13.2 Å². The first kappa shape index (κ1) is 36.6. The molecular formula is C27H42F3N3O9. The smallest absolute Gasteiger partial charge is 0.329 e. The number of carbonyl (C=O) groups excluding carboxylic acids is 6. The minimum absolute atomic E-state index is 0.690. The molecule has 6 atom stereocenters. The summed E-state index contributed by atoms with van der Waals surface area (Å²) in [6.07, 6.45) is -6.15. The van der Waals surface area contributed by atoms with Crippen LogP contribution in [0.5, 0.6) is 0 Å². The molecule has 0 aromatic carbocycles. The Labute approximate surface area is 243 Å². The fourth-order valence-corrected chi connectivity index (χ4v) is 4.80. The third-order valence-corrected chi connectivity index (χ3v) is 6.94. The van der Waals surface area contributed by atoms with Crippen molar-refractivity contribution in [3.05, 3.63) is 0 Å². The summed E-state index contributed by atoms with van der Waals surface area (Å²) in [4.78, 5) is 81.3. The van der Waals surface area contributed by atoms with Crippen LogP contribution in [0.1, 0.15) is 41.5 Å². The van der Waals surface area contributed by atoms with E-state index in [1.165, 1.54) is 41.5 Å². The van der Waals surface area contributed by atoms with Crippen molar-refractivity contribution in [1.82, 2.24) is 14.7 Å². The van der Waals surface area contributed by atoms with Gasteiger partial charge in [-0.25, -0.2) is 27.6 Å². The standard InChI is InChI=1S/C27H42F3N3O9/c1-13(2)19-25(37)40-17(11-29)23(35)32(8)21(15(5)6)27(39)42-18(12-30)24(36)33(9)20(14(3)4)26(38)41-16(10-28)22(34)31(19)7/h13-21H,10-12H2,1-9H3/t16-,17-,18-,19+,20+,21+/m0/s1. The van der Waals surface area contributed by atoms with E-state index in [2.05, 4.69) is 0 Å². The lowest BCUT2D eigenvalue weighted by Gasteiger charge is -2.36. The van der Waals surface area contributed by atoms with Crippen LogP contribution >= 0.6 is 0 Å². The van der Waals surface area contributed by atoms with Crippen LogP contribution in [-0.4, -0.2) is 128 Å². The SMILES string of the molecule is CC(C)[C@@H]1C(=O)O[C@@H](CF)C(=O)N(C)[C@H](C(C)C)C(=O)O[C@@H](CF)C(=O)N(C)[C@H](C(C)C)C(=O)O[C@@H](CF)C(=O)N1C. The van der Waals surface area contributed by atoms with Gasteiger partial charge in [-0.15, -0.1) is 0 Å². The first-order valence-corrected chi connectivity index (χ1v) is 13.6.